The Morgan fingerprint density at radius 1 is 0.750 bits per heavy atom. The second kappa shape index (κ2) is 11.0. The number of nitrogens with one attached hydrogen (secondary N) is 1. The monoisotopic (exact) mass is 434 g/mol. The minimum atomic E-state index is -0.768. The summed E-state index contributed by atoms with van der Waals surface area (Å²) >= 11 is 0. The van der Waals surface area contributed by atoms with Gasteiger partial charge in [0.15, 0.2) is 0 Å². The highest BCUT2D eigenvalue weighted by Gasteiger charge is 2.29. The van der Waals surface area contributed by atoms with Crippen LogP contribution in [0.5, 0.6) is 0 Å². The minimum absolute atomic E-state index is 0.308. The summed E-state index contributed by atoms with van der Waals surface area (Å²) in [4.78, 5) is 25.2. The number of hydrogen-bond acceptors (Lipinski definition) is 2. The largest absolute Gasteiger partial charge is 0.351 e. The lowest BCUT2D eigenvalue weighted by atomic mass is 9.76. The molecule has 172 valence electrons. The first-order valence-corrected chi connectivity index (χ1v) is 12.8. The number of amides is 3. The Bertz CT molecular complexity index is 936. The van der Waals surface area contributed by atoms with Crippen molar-refractivity contribution in [2.24, 2.45) is 5.73 Å². The van der Waals surface area contributed by atoms with Gasteiger partial charge in [-0.25, -0.2) is 4.79 Å². The number of carbonyl (C=O) groups excluding carboxylic acids is 2. The average Bonchev–Trinajstić information content (AvgIpc) is 2.72. The molecule has 0 atom stereocenters. The van der Waals surface area contributed by atoms with Crippen molar-refractivity contribution in [3.63, 3.8) is 0 Å². The molecule has 2 aromatic carbocycles. The van der Waals surface area contributed by atoms with Crippen LogP contribution in [0.3, 0.4) is 0 Å². The Hall–Kier alpha value is -2.36. The van der Waals surface area contributed by atoms with Crippen LogP contribution in [0.25, 0.3) is 10.8 Å². The average molecular weight is 435 g/mol. The van der Waals surface area contributed by atoms with Crippen LogP contribution in [-0.4, -0.2) is 11.9 Å². The molecule has 0 aliphatic heterocycles. The molecular formula is C28H38N2O2. The molecule has 0 spiro atoms. The third-order valence-corrected chi connectivity index (χ3v) is 7.64. The number of nitrogens with two attached hydrogens (primary N) is 1. The molecule has 0 heterocycles. The van der Waals surface area contributed by atoms with E-state index in [2.05, 4.69) is 35.6 Å². The summed E-state index contributed by atoms with van der Waals surface area (Å²) in [6.07, 6.45) is 16.9. The topological polar surface area (TPSA) is 72.2 Å². The van der Waals surface area contributed by atoms with Gasteiger partial charge in [-0.1, -0.05) is 94.5 Å². The maximum Gasteiger partial charge on any atom is 0.319 e. The van der Waals surface area contributed by atoms with E-state index in [-0.39, 0.29) is 5.91 Å². The number of benzene rings is 2. The van der Waals surface area contributed by atoms with E-state index in [9.17, 15) is 9.59 Å². The van der Waals surface area contributed by atoms with Gasteiger partial charge in [0, 0.05) is 5.56 Å². The highest BCUT2D eigenvalue weighted by molar-refractivity contribution is 6.09. The molecule has 2 saturated carbocycles. The van der Waals surface area contributed by atoms with E-state index in [0.29, 0.717) is 11.8 Å². The summed E-state index contributed by atoms with van der Waals surface area (Å²) in [7, 11) is 0. The molecule has 3 N–H and O–H groups in total. The number of rotatable bonds is 3. The van der Waals surface area contributed by atoms with E-state index in [4.69, 9.17) is 5.73 Å². The molecule has 2 aliphatic rings. The van der Waals surface area contributed by atoms with Crippen LogP contribution >= 0.6 is 0 Å². The fourth-order valence-electron chi connectivity index (χ4n) is 6.08. The van der Waals surface area contributed by atoms with Crippen LogP contribution in [0, 0.1) is 0 Å². The summed E-state index contributed by atoms with van der Waals surface area (Å²) in [6, 6.07) is 9.98. The van der Waals surface area contributed by atoms with Crippen LogP contribution in [0.4, 0.5) is 4.79 Å². The van der Waals surface area contributed by atoms with Gasteiger partial charge >= 0.3 is 6.03 Å². The van der Waals surface area contributed by atoms with Crippen molar-refractivity contribution in [1.82, 2.24) is 5.32 Å². The molecule has 0 saturated heterocycles. The molecule has 0 aromatic heterocycles. The standard InChI is InChI=1S/C28H38N2O2/c29-28(32)30-27(31)26-24(20-13-7-3-1-4-8-14-20)19-22-17-11-12-18-23(22)25(26)21-15-9-5-2-6-10-16-21/h11-12,17-21H,1-10,13-16H2,(H3,29,30,31,32). The molecule has 4 rings (SSSR count). The number of primary amides is 1. The van der Waals surface area contributed by atoms with E-state index in [1.54, 1.807) is 0 Å². The van der Waals surface area contributed by atoms with Gasteiger partial charge in [0.1, 0.15) is 0 Å². The third-order valence-electron chi connectivity index (χ3n) is 7.64. The quantitative estimate of drug-likeness (QED) is 0.532. The molecule has 0 unspecified atom stereocenters. The van der Waals surface area contributed by atoms with Gasteiger partial charge in [0.2, 0.25) is 0 Å². The number of imide groups is 1. The zero-order chi connectivity index (χ0) is 22.3. The molecule has 4 nitrogen and oxygen atoms in total. The maximum absolute atomic E-state index is 13.5. The lowest BCUT2D eigenvalue weighted by Gasteiger charge is -2.29. The lowest BCUT2D eigenvalue weighted by molar-refractivity contribution is 0.0963. The Kier molecular flexibility index (Phi) is 7.83. The fraction of sp³-hybridized carbons (Fsp3) is 0.571. The summed E-state index contributed by atoms with van der Waals surface area (Å²) in [5.74, 6) is 0.403. The SMILES string of the molecule is NC(=O)NC(=O)c1c(C2CCCCCCC2)cc2ccccc2c1C1CCCCCCC1. The molecule has 0 radical (unpaired) electrons. The smallest absolute Gasteiger partial charge is 0.319 e. The van der Waals surface area contributed by atoms with Gasteiger partial charge < -0.3 is 5.73 Å². The van der Waals surface area contributed by atoms with Gasteiger partial charge in [-0.2, -0.15) is 0 Å². The van der Waals surface area contributed by atoms with Crippen molar-refractivity contribution in [1.29, 1.82) is 0 Å². The summed E-state index contributed by atoms with van der Waals surface area (Å²) in [5.41, 5.74) is 8.48. The normalized spacial score (nSPS) is 19.5. The van der Waals surface area contributed by atoms with Crippen LogP contribution in [0.2, 0.25) is 0 Å². The first-order valence-electron chi connectivity index (χ1n) is 12.8. The Morgan fingerprint density at radius 3 is 1.88 bits per heavy atom. The third kappa shape index (κ3) is 5.33. The van der Waals surface area contributed by atoms with Crippen molar-refractivity contribution >= 4 is 22.7 Å². The molecule has 2 aliphatic carbocycles. The fourth-order valence-corrected chi connectivity index (χ4v) is 6.08. The lowest BCUT2D eigenvalue weighted by Crippen LogP contribution is -2.36. The van der Waals surface area contributed by atoms with Crippen molar-refractivity contribution < 1.29 is 9.59 Å². The van der Waals surface area contributed by atoms with Crippen LogP contribution < -0.4 is 11.1 Å². The molecule has 2 aromatic rings. The van der Waals surface area contributed by atoms with E-state index in [1.807, 2.05) is 0 Å². The van der Waals surface area contributed by atoms with Gasteiger partial charge in [-0.05, 0) is 59.4 Å². The maximum atomic E-state index is 13.5. The van der Waals surface area contributed by atoms with E-state index < -0.39 is 6.03 Å². The van der Waals surface area contributed by atoms with Crippen molar-refractivity contribution in [2.45, 2.75) is 102 Å². The first-order chi connectivity index (χ1) is 15.6. The summed E-state index contributed by atoms with van der Waals surface area (Å²) in [6.45, 7) is 0. The second-order valence-electron chi connectivity index (χ2n) is 9.88. The number of hydrogen-bond donors (Lipinski definition) is 2. The van der Waals surface area contributed by atoms with Crippen molar-refractivity contribution in [3.05, 3.63) is 47.0 Å². The van der Waals surface area contributed by atoms with Crippen molar-refractivity contribution in [2.75, 3.05) is 0 Å². The Balaban J connectivity index is 1.90. The van der Waals surface area contributed by atoms with E-state index in [0.717, 1.165) is 36.8 Å². The minimum Gasteiger partial charge on any atom is -0.351 e. The zero-order valence-corrected chi connectivity index (χ0v) is 19.3. The Morgan fingerprint density at radius 2 is 1.28 bits per heavy atom. The van der Waals surface area contributed by atoms with Crippen molar-refractivity contribution in [3.8, 4) is 0 Å². The summed E-state index contributed by atoms with van der Waals surface area (Å²) < 4.78 is 0. The molecular weight excluding hydrogens is 396 g/mol. The Labute approximate surface area is 192 Å². The van der Waals surface area contributed by atoms with Crippen LogP contribution in [-0.2, 0) is 0 Å². The predicted octanol–water partition coefficient (Wildman–Crippen LogP) is 7.30. The molecule has 2 fully saturated rings. The van der Waals surface area contributed by atoms with Crippen LogP contribution in [0.15, 0.2) is 30.3 Å². The molecule has 0 bridgehead atoms. The highest BCUT2D eigenvalue weighted by Crippen LogP contribution is 2.42. The predicted molar refractivity (Wildman–Crippen MR) is 131 cm³/mol. The van der Waals surface area contributed by atoms with Gasteiger partial charge in [0.25, 0.3) is 5.91 Å². The van der Waals surface area contributed by atoms with E-state index >= 15 is 0 Å². The second-order valence-corrected chi connectivity index (χ2v) is 9.88. The molecule has 32 heavy (non-hydrogen) atoms. The van der Waals surface area contributed by atoms with E-state index in [1.165, 1.54) is 80.5 Å². The number of urea groups is 1. The zero-order valence-electron chi connectivity index (χ0n) is 19.3. The summed E-state index contributed by atoms with van der Waals surface area (Å²) in [5, 5.41) is 4.83. The number of fused-ring (bicyclic) bond motifs is 1. The van der Waals surface area contributed by atoms with Gasteiger partial charge in [-0.3, -0.25) is 10.1 Å². The number of carbonyl (C=O) groups is 2. The molecule has 4 heteroatoms. The van der Waals surface area contributed by atoms with Crippen LogP contribution in [0.1, 0.15) is 123 Å². The van der Waals surface area contributed by atoms with Gasteiger partial charge in [-0.15, -0.1) is 0 Å². The first kappa shape index (κ1) is 22.8. The van der Waals surface area contributed by atoms with Gasteiger partial charge in [0.05, 0.1) is 0 Å². The molecule has 3 amide bonds. The highest BCUT2D eigenvalue weighted by atomic mass is 16.2.